The predicted octanol–water partition coefficient (Wildman–Crippen LogP) is 3.38. The number of nitrogens with zero attached hydrogens (tertiary/aromatic N) is 2. The lowest BCUT2D eigenvalue weighted by Gasteiger charge is -2.38. The summed E-state index contributed by atoms with van der Waals surface area (Å²) in [4.78, 5) is 8.16. The van der Waals surface area contributed by atoms with Crippen molar-refractivity contribution in [2.24, 2.45) is 16.8 Å². The summed E-state index contributed by atoms with van der Waals surface area (Å²) in [5.41, 5.74) is 1.84. The van der Waals surface area contributed by atoms with Gasteiger partial charge in [-0.15, -0.1) is 0 Å². The fourth-order valence-corrected chi connectivity index (χ4v) is 5.81. The van der Waals surface area contributed by atoms with Crippen LogP contribution >= 0.6 is 12.2 Å². The van der Waals surface area contributed by atoms with Crippen LogP contribution in [-0.4, -0.2) is 30.1 Å². The Bertz CT molecular complexity index is 654. The highest BCUT2D eigenvalue weighted by atomic mass is 32.2. The monoisotopic (exact) mass is 324 g/mol. The number of hydrogen-bond acceptors (Lipinski definition) is 5. The Labute approximate surface area is 131 Å². The molecule has 0 amide bonds. The summed E-state index contributed by atoms with van der Waals surface area (Å²) < 4.78 is 23.9. The molecule has 1 heterocycles. The number of thiocarbonyl (C=S) groups is 1. The van der Waals surface area contributed by atoms with Gasteiger partial charge in [-0.3, -0.25) is 4.98 Å². The molecule has 1 aromatic heterocycles. The number of aliphatic imine (C=N–C) groups is 1. The van der Waals surface area contributed by atoms with Crippen molar-refractivity contribution in [2.45, 2.75) is 37.9 Å². The molecule has 0 aromatic carbocycles. The largest absolute Gasteiger partial charge is 0.262 e. The minimum atomic E-state index is -3.02. The van der Waals surface area contributed by atoms with E-state index in [1.807, 2.05) is 19.9 Å². The molecule has 1 aliphatic carbocycles. The average molecular weight is 324 g/mol. The third kappa shape index (κ3) is 3.57. The van der Waals surface area contributed by atoms with Crippen molar-refractivity contribution in [3.63, 3.8) is 0 Å². The van der Waals surface area contributed by atoms with Crippen LogP contribution in [0.4, 0.5) is 5.69 Å². The van der Waals surface area contributed by atoms with Crippen LogP contribution in [0.1, 0.15) is 38.2 Å². The van der Waals surface area contributed by atoms with Gasteiger partial charge in [0.1, 0.15) is 0 Å². The third-order valence-corrected chi connectivity index (χ3v) is 6.38. The van der Waals surface area contributed by atoms with Gasteiger partial charge in [-0.1, -0.05) is 13.8 Å². The van der Waals surface area contributed by atoms with Gasteiger partial charge in [-0.2, -0.15) is 4.99 Å². The molecule has 1 aromatic rings. The van der Waals surface area contributed by atoms with Crippen molar-refractivity contribution in [2.75, 3.05) is 6.26 Å². The van der Waals surface area contributed by atoms with Crippen LogP contribution in [0.3, 0.4) is 0 Å². The maximum absolute atomic E-state index is 12.0. The van der Waals surface area contributed by atoms with Gasteiger partial charge in [-0.25, -0.2) is 8.42 Å². The van der Waals surface area contributed by atoms with E-state index in [-0.39, 0.29) is 23.0 Å². The summed E-state index contributed by atoms with van der Waals surface area (Å²) in [5.74, 6) is 0.551. The van der Waals surface area contributed by atoms with E-state index >= 15 is 0 Å². The van der Waals surface area contributed by atoms with E-state index in [1.165, 1.54) is 6.26 Å². The van der Waals surface area contributed by atoms with Gasteiger partial charge in [0.2, 0.25) is 0 Å². The topological polar surface area (TPSA) is 59.4 Å². The molecule has 6 heteroatoms. The van der Waals surface area contributed by atoms with Crippen molar-refractivity contribution in [1.29, 1.82) is 0 Å². The maximum atomic E-state index is 12.0. The van der Waals surface area contributed by atoms with Crippen LogP contribution < -0.4 is 0 Å². The molecule has 0 radical (unpaired) electrons. The Morgan fingerprint density at radius 2 is 1.95 bits per heavy atom. The van der Waals surface area contributed by atoms with Crippen LogP contribution in [0, 0.1) is 11.8 Å². The molecule has 0 saturated heterocycles. The number of pyridine rings is 1. The van der Waals surface area contributed by atoms with Crippen LogP contribution in [0.25, 0.3) is 0 Å². The summed E-state index contributed by atoms with van der Waals surface area (Å²) in [5, 5.41) is 2.13. The van der Waals surface area contributed by atoms with Crippen molar-refractivity contribution in [3.05, 3.63) is 24.0 Å². The van der Waals surface area contributed by atoms with E-state index in [9.17, 15) is 8.42 Å². The first-order chi connectivity index (χ1) is 9.84. The number of aromatic nitrogens is 1. The van der Waals surface area contributed by atoms with Crippen molar-refractivity contribution >= 4 is 32.9 Å². The minimum Gasteiger partial charge on any atom is -0.262 e. The molecule has 0 aliphatic heterocycles. The molecule has 1 aliphatic rings. The van der Waals surface area contributed by atoms with Crippen LogP contribution in [0.2, 0.25) is 0 Å². The van der Waals surface area contributed by atoms with Gasteiger partial charge in [0.05, 0.1) is 22.3 Å². The molecule has 21 heavy (non-hydrogen) atoms. The van der Waals surface area contributed by atoms with Gasteiger partial charge in [-0.05, 0) is 54.4 Å². The molecule has 4 atom stereocenters. The zero-order chi connectivity index (χ0) is 15.6. The lowest BCUT2D eigenvalue weighted by molar-refractivity contribution is 0.271. The highest BCUT2D eigenvalue weighted by Crippen LogP contribution is 2.44. The number of sulfone groups is 1. The molecule has 0 unspecified atom stereocenters. The summed E-state index contributed by atoms with van der Waals surface area (Å²) >= 11 is 4.69. The Kier molecular flexibility index (Phi) is 4.91. The molecule has 1 saturated carbocycles. The Balaban J connectivity index is 2.32. The lowest BCUT2D eigenvalue weighted by atomic mass is 9.73. The summed E-state index contributed by atoms with van der Waals surface area (Å²) in [6.07, 6.45) is 6.46. The lowest BCUT2D eigenvalue weighted by Crippen LogP contribution is -2.39. The molecule has 0 bridgehead atoms. The second kappa shape index (κ2) is 6.34. The first-order valence-electron chi connectivity index (χ1n) is 7.05. The number of isothiocyanates is 1. The van der Waals surface area contributed by atoms with Crippen LogP contribution in [-0.2, 0) is 9.84 Å². The van der Waals surface area contributed by atoms with Crippen LogP contribution in [0.5, 0.6) is 0 Å². The average Bonchev–Trinajstić information content (AvgIpc) is 2.37. The Hall–Kier alpha value is -1.10. The van der Waals surface area contributed by atoms with Gasteiger partial charge in [0.25, 0.3) is 0 Å². The summed E-state index contributed by atoms with van der Waals surface area (Å²) in [7, 11) is -3.02. The van der Waals surface area contributed by atoms with Gasteiger partial charge in [0, 0.05) is 12.5 Å². The second-order valence-corrected chi connectivity index (χ2v) is 8.44. The van der Waals surface area contributed by atoms with E-state index in [1.54, 1.807) is 12.4 Å². The fraction of sp³-hybridized carbons (Fsp3) is 0.600. The van der Waals surface area contributed by atoms with E-state index in [2.05, 4.69) is 27.4 Å². The first-order valence-corrected chi connectivity index (χ1v) is 9.41. The predicted molar refractivity (Wildman–Crippen MR) is 87.9 cm³/mol. The van der Waals surface area contributed by atoms with E-state index < -0.39 is 9.84 Å². The summed E-state index contributed by atoms with van der Waals surface area (Å²) in [6.45, 7) is 4.05. The zero-order valence-corrected chi connectivity index (χ0v) is 14.1. The molecule has 114 valence electrons. The zero-order valence-electron chi connectivity index (χ0n) is 12.5. The van der Waals surface area contributed by atoms with Crippen molar-refractivity contribution < 1.29 is 8.42 Å². The summed E-state index contributed by atoms with van der Waals surface area (Å²) in [6, 6.07) is 1.95. The molecule has 1 fully saturated rings. The number of hydrogen-bond donors (Lipinski definition) is 0. The molecular formula is C15H20N2O2S2. The molecule has 2 rings (SSSR count). The molecular weight excluding hydrogens is 304 g/mol. The number of rotatable bonds is 3. The standard InChI is InChI=1S/C15H20N2O2S2/c1-10-6-12(7-11(2)15(10)21(3,18)19)13-4-5-16-8-14(13)17-9-20/h4-5,8,10-12,15H,6-7H2,1-3H3/t10-,11+,12+,15-. The van der Waals surface area contributed by atoms with Crippen molar-refractivity contribution in [3.8, 4) is 0 Å². The van der Waals surface area contributed by atoms with E-state index in [0.717, 1.165) is 24.1 Å². The van der Waals surface area contributed by atoms with E-state index in [0.29, 0.717) is 0 Å². The normalized spacial score (nSPS) is 29.7. The molecule has 4 nitrogen and oxygen atoms in total. The highest BCUT2D eigenvalue weighted by molar-refractivity contribution is 7.91. The quantitative estimate of drug-likeness (QED) is 0.632. The van der Waals surface area contributed by atoms with Gasteiger partial charge >= 0.3 is 0 Å². The molecule has 0 N–H and O–H groups in total. The third-order valence-electron chi connectivity index (χ3n) is 4.37. The highest BCUT2D eigenvalue weighted by Gasteiger charge is 2.39. The van der Waals surface area contributed by atoms with Crippen LogP contribution in [0.15, 0.2) is 23.5 Å². The van der Waals surface area contributed by atoms with Crippen molar-refractivity contribution in [1.82, 2.24) is 4.98 Å². The smallest absolute Gasteiger partial charge is 0.150 e. The van der Waals surface area contributed by atoms with Gasteiger partial charge in [0.15, 0.2) is 9.84 Å². The minimum absolute atomic E-state index is 0.131. The Morgan fingerprint density at radius 1 is 1.33 bits per heavy atom. The molecule has 0 spiro atoms. The second-order valence-electron chi connectivity index (χ2n) is 6.05. The first kappa shape index (κ1) is 16.3. The SMILES string of the molecule is C[C@@H]1C[C@H](c2ccncc2N=C=S)C[C@H](C)[C@@H]1S(C)(=O)=O. The van der Waals surface area contributed by atoms with E-state index in [4.69, 9.17) is 0 Å². The fourth-order valence-electron chi connectivity index (χ4n) is 3.81. The Morgan fingerprint density at radius 3 is 2.48 bits per heavy atom. The van der Waals surface area contributed by atoms with Gasteiger partial charge < -0.3 is 0 Å². The maximum Gasteiger partial charge on any atom is 0.150 e.